The Balaban J connectivity index is 1.23. The first kappa shape index (κ1) is 20.4. The number of hydrogen-bond donors (Lipinski definition) is 2. The molecule has 0 bridgehead atoms. The second-order valence-corrected chi connectivity index (χ2v) is 8.59. The van der Waals surface area contributed by atoms with Gasteiger partial charge < -0.3 is 15.5 Å². The van der Waals surface area contributed by atoms with Gasteiger partial charge in [-0.15, -0.1) is 0 Å². The smallest absolute Gasteiger partial charge is 0.317 e. The molecule has 1 aromatic carbocycles. The number of nitrogens with one attached hydrogen (secondary N) is 2. The average Bonchev–Trinajstić information content (AvgIpc) is 2.80. The maximum atomic E-state index is 12.6. The highest BCUT2D eigenvalue weighted by Gasteiger charge is 2.36. The van der Waals surface area contributed by atoms with Crippen molar-refractivity contribution in [2.24, 2.45) is 5.41 Å². The van der Waals surface area contributed by atoms with Crippen LogP contribution in [0.1, 0.15) is 60.9 Å². The second kappa shape index (κ2) is 9.28. The summed E-state index contributed by atoms with van der Waals surface area (Å²) in [7, 11) is 0. The first-order valence-electron chi connectivity index (χ1n) is 11.0. The van der Waals surface area contributed by atoms with Crippen LogP contribution in [0.3, 0.4) is 0 Å². The normalized spacial score (nSPS) is 18.1. The lowest BCUT2D eigenvalue weighted by atomic mass is 9.68. The van der Waals surface area contributed by atoms with Crippen LogP contribution >= 0.6 is 0 Å². The Kier molecular flexibility index (Phi) is 6.31. The molecule has 2 N–H and O–H groups in total. The zero-order valence-corrected chi connectivity index (χ0v) is 17.4. The number of carbonyl (C=O) groups is 2. The summed E-state index contributed by atoms with van der Waals surface area (Å²) in [6.07, 6.45) is 12.2. The summed E-state index contributed by atoms with van der Waals surface area (Å²) in [5.41, 5.74) is 2.80. The molecule has 1 aliphatic carbocycles. The minimum atomic E-state index is -0.167. The van der Waals surface area contributed by atoms with Crippen LogP contribution in [0.5, 0.6) is 0 Å². The third kappa shape index (κ3) is 4.99. The molecule has 4 rings (SSSR count). The van der Waals surface area contributed by atoms with E-state index in [4.69, 9.17) is 0 Å². The van der Waals surface area contributed by atoms with Crippen LogP contribution in [0.25, 0.3) is 0 Å². The molecule has 0 radical (unpaired) electrons. The molecule has 6 nitrogen and oxygen atoms in total. The molecule has 2 aromatic rings. The number of benzene rings is 1. The predicted octanol–water partition coefficient (Wildman–Crippen LogP) is 4.59. The van der Waals surface area contributed by atoms with Crippen LogP contribution in [0.15, 0.2) is 48.8 Å². The van der Waals surface area contributed by atoms with Crippen molar-refractivity contribution in [1.29, 1.82) is 0 Å². The summed E-state index contributed by atoms with van der Waals surface area (Å²) in [5.74, 6) is -0.167. The molecule has 2 aliphatic rings. The van der Waals surface area contributed by atoms with E-state index in [-0.39, 0.29) is 11.9 Å². The van der Waals surface area contributed by atoms with Gasteiger partial charge in [-0.05, 0) is 60.9 Å². The molecule has 0 atom stereocenters. The van der Waals surface area contributed by atoms with Crippen molar-refractivity contribution in [3.8, 4) is 0 Å². The van der Waals surface area contributed by atoms with Crippen LogP contribution < -0.4 is 10.6 Å². The van der Waals surface area contributed by atoms with Gasteiger partial charge in [0.1, 0.15) is 0 Å². The van der Waals surface area contributed by atoms with Crippen LogP contribution in [0.2, 0.25) is 0 Å². The molecule has 1 spiro atoms. The van der Waals surface area contributed by atoms with Gasteiger partial charge in [0.05, 0.1) is 0 Å². The van der Waals surface area contributed by atoms with Crippen LogP contribution in [-0.4, -0.2) is 34.9 Å². The van der Waals surface area contributed by atoms with Crippen molar-refractivity contribution in [3.63, 3.8) is 0 Å². The van der Waals surface area contributed by atoms with Gasteiger partial charge in [-0.2, -0.15) is 0 Å². The zero-order valence-electron chi connectivity index (χ0n) is 17.4. The third-order valence-electron chi connectivity index (χ3n) is 6.62. The van der Waals surface area contributed by atoms with Gasteiger partial charge in [-0.3, -0.25) is 9.78 Å². The van der Waals surface area contributed by atoms with Gasteiger partial charge >= 0.3 is 6.03 Å². The molecule has 6 heteroatoms. The molecule has 1 aliphatic heterocycles. The highest BCUT2D eigenvalue weighted by Crippen LogP contribution is 2.44. The number of aromatic nitrogens is 1. The molecular formula is C24H30N4O2. The number of hydrogen-bond acceptors (Lipinski definition) is 3. The molecule has 1 aromatic heterocycles. The predicted molar refractivity (Wildman–Crippen MR) is 117 cm³/mol. The Bertz CT molecular complexity index is 851. The lowest BCUT2D eigenvalue weighted by Gasteiger charge is -2.44. The van der Waals surface area contributed by atoms with Crippen LogP contribution in [0, 0.1) is 5.41 Å². The Morgan fingerprint density at radius 3 is 2.23 bits per heavy atom. The van der Waals surface area contributed by atoms with E-state index in [1.807, 2.05) is 29.2 Å². The van der Waals surface area contributed by atoms with Gasteiger partial charge in [-0.1, -0.05) is 31.4 Å². The summed E-state index contributed by atoms with van der Waals surface area (Å²) in [6, 6.07) is 10.9. The summed E-state index contributed by atoms with van der Waals surface area (Å²) >= 11 is 0. The number of pyridine rings is 1. The van der Waals surface area contributed by atoms with E-state index >= 15 is 0 Å². The third-order valence-corrected chi connectivity index (χ3v) is 6.62. The Morgan fingerprint density at radius 2 is 1.57 bits per heavy atom. The standard InChI is InChI=1S/C24H30N4O2/c29-22(20-8-14-25-15-9-20)27-21-6-4-19(5-7-21)18-26-23(30)28-16-12-24(13-17-28)10-2-1-3-11-24/h4-9,14-15H,1-3,10-13,16-18H2,(H,26,30)(H,27,29). The van der Waals surface area contributed by atoms with Crippen molar-refractivity contribution in [1.82, 2.24) is 15.2 Å². The number of anilines is 1. The molecule has 2 heterocycles. The minimum absolute atomic E-state index is 0.0238. The Labute approximate surface area is 178 Å². The fourth-order valence-electron chi connectivity index (χ4n) is 4.69. The molecule has 0 unspecified atom stereocenters. The SMILES string of the molecule is O=C(Nc1ccc(CNC(=O)N2CCC3(CCCCC3)CC2)cc1)c1ccncc1. The summed E-state index contributed by atoms with van der Waals surface area (Å²) < 4.78 is 0. The minimum Gasteiger partial charge on any atom is -0.334 e. The summed E-state index contributed by atoms with van der Waals surface area (Å²) in [5, 5.41) is 5.91. The van der Waals surface area contributed by atoms with Gasteiger partial charge in [0, 0.05) is 43.3 Å². The van der Waals surface area contributed by atoms with Gasteiger partial charge in [-0.25, -0.2) is 4.79 Å². The van der Waals surface area contributed by atoms with E-state index in [1.54, 1.807) is 24.5 Å². The zero-order chi connectivity index (χ0) is 20.8. The van der Waals surface area contributed by atoms with E-state index in [0.29, 0.717) is 17.5 Å². The fourth-order valence-corrected chi connectivity index (χ4v) is 4.69. The second-order valence-electron chi connectivity index (χ2n) is 8.59. The quantitative estimate of drug-likeness (QED) is 0.780. The van der Waals surface area contributed by atoms with E-state index in [2.05, 4.69) is 15.6 Å². The van der Waals surface area contributed by atoms with E-state index in [0.717, 1.165) is 37.2 Å². The van der Waals surface area contributed by atoms with E-state index < -0.39 is 0 Å². The molecule has 1 saturated carbocycles. The number of urea groups is 1. The van der Waals surface area contributed by atoms with Gasteiger partial charge in [0.15, 0.2) is 0 Å². The molecule has 2 fully saturated rings. The van der Waals surface area contributed by atoms with Crippen LogP contribution in [-0.2, 0) is 6.54 Å². The van der Waals surface area contributed by atoms with Crippen molar-refractivity contribution in [3.05, 3.63) is 59.9 Å². The Morgan fingerprint density at radius 1 is 0.900 bits per heavy atom. The highest BCUT2D eigenvalue weighted by atomic mass is 16.2. The van der Waals surface area contributed by atoms with Crippen molar-refractivity contribution in [2.45, 2.75) is 51.5 Å². The van der Waals surface area contributed by atoms with E-state index in [9.17, 15) is 9.59 Å². The maximum Gasteiger partial charge on any atom is 0.317 e. The maximum absolute atomic E-state index is 12.6. The van der Waals surface area contributed by atoms with Crippen molar-refractivity contribution in [2.75, 3.05) is 18.4 Å². The number of rotatable bonds is 4. The van der Waals surface area contributed by atoms with Crippen molar-refractivity contribution < 1.29 is 9.59 Å². The average molecular weight is 407 g/mol. The highest BCUT2D eigenvalue weighted by molar-refractivity contribution is 6.04. The molecule has 1 saturated heterocycles. The topological polar surface area (TPSA) is 74.3 Å². The van der Waals surface area contributed by atoms with Gasteiger partial charge in [0.25, 0.3) is 5.91 Å². The molecule has 158 valence electrons. The number of piperidine rings is 1. The Hall–Kier alpha value is -2.89. The molecular weight excluding hydrogens is 376 g/mol. The largest absolute Gasteiger partial charge is 0.334 e. The monoisotopic (exact) mass is 406 g/mol. The number of nitrogens with zero attached hydrogens (tertiary/aromatic N) is 2. The lowest BCUT2D eigenvalue weighted by molar-refractivity contribution is 0.0811. The fraction of sp³-hybridized carbons (Fsp3) is 0.458. The lowest BCUT2D eigenvalue weighted by Crippen LogP contribution is -2.47. The molecule has 3 amide bonds. The first-order chi connectivity index (χ1) is 14.6. The summed E-state index contributed by atoms with van der Waals surface area (Å²) in [6.45, 7) is 2.22. The van der Waals surface area contributed by atoms with Gasteiger partial charge in [0.2, 0.25) is 0 Å². The molecule has 30 heavy (non-hydrogen) atoms. The number of likely N-dealkylation sites (tertiary alicyclic amines) is 1. The number of amides is 3. The van der Waals surface area contributed by atoms with Crippen molar-refractivity contribution >= 4 is 17.6 Å². The first-order valence-corrected chi connectivity index (χ1v) is 11.0. The number of carbonyl (C=O) groups excluding carboxylic acids is 2. The van der Waals surface area contributed by atoms with E-state index in [1.165, 1.54) is 32.1 Å². The van der Waals surface area contributed by atoms with Crippen LogP contribution in [0.4, 0.5) is 10.5 Å². The summed E-state index contributed by atoms with van der Waals surface area (Å²) in [4.78, 5) is 30.6.